The van der Waals surface area contributed by atoms with Crippen molar-refractivity contribution in [2.75, 3.05) is 13.2 Å². The summed E-state index contributed by atoms with van der Waals surface area (Å²) in [4.78, 5) is 11.3. The van der Waals surface area contributed by atoms with Gasteiger partial charge in [0, 0.05) is 6.04 Å². The van der Waals surface area contributed by atoms with Gasteiger partial charge in [0.2, 0.25) is 0 Å². The van der Waals surface area contributed by atoms with Gasteiger partial charge in [-0.3, -0.25) is 0 Å². The molecule has 2 amide bonds. The van der Waals surface area contributed by atoms with E-state index in [1.807, 2.05) is 26.0 Å². The minimum absolute atomic E-state index is 0.0958. The van der Waals surface area contributed by atoms with Gasteiger partial charge in [0.15, 0.2) is 0 Å². The third kappa shape index (κ3) is 4.28. The summed E-state index contributed by atoms with van der Waals surface area (Å²) in [7, 11) is 0. The lowest BCUT2D eigenvalue weighted by Crippen LogP contribution is -2.38. The minimum atomic E-state index is -0.0958. The van der Waals surface area contributed by atoms with Gasteiger partial charge >= 0.3 is 6.03 Å². The van der Waals surface area contributed by atoms with E-state index in [1.165, 1.54) is 11.1 Å². The molecule has 0 radical (unpaired) electrons. The van der Waals surface area contributed by atoms with E-state index >= 15 is 0 Å². The lowest BCUT2D eigenvalue weighted by molar-refractivity contribution is 0.236. The van der Waals surface area contributed by atoms with E-state index in [-0.39, 0.29) is 6.03 Å². The normalized spacial score (nSPS) is 14.1. The zero-order valence-corrected chi connectivity index (χ0v) is 11.0. The molecule has 1 aliphatic rings. The Morgan fingerprint density at radius 3 is 2.56 bits per heavy atom. The highest BCUT2D eigenvalue weighted by Gasteiger charge is 2.22. The van der Waals surface area contributed by atoms with Crippen molar-refractivity contribution in [2.45, 2.75) is 32.7 Å². The largest absolute Gasteiger partial charge is 0.492 e. The van der Waals surface area contributed by atoms with Crippen LogP contribution in [0, 0.1) is 13.8 Å². The van der Waals surface area contributed by atoms with Gasteiger partial charge in [-0.15, -0.1) is 0 Å². The van der Waals surface area contributed by atoms with Gasteiger partial charge in [0.25, 0.3) is 0 Å². The molecule has 0 unspecified atom stereocenters. The number of hydrogen-bond donors (Lipinski definition) is 2. The van der Waals surface area contributed by atoms with Gasteiger partial charge in [-0.1, -0.05) is 6.07 Å². The first-order chi connectivity index (χ1) is 8.63. The van der Waals surface area contributed by atoms with Crippen molar-refractivity contribution in [3.63, 3.8) is 0 Å². The Hall–Kier alpha value is -1.71. The zero-order chi connectivity index (χ0) is 13.0. The third-order valence-electron chi connectivity index (χ3n) is 2.76. The molecule has 0 aliphatic heterocycles. The summed E-state index contributed by atoms with van der Waals surface area (Å²) in [5.74, 6) is 0.858. The molecular formula is C14H20N2O2. The Morgan fingerprint density at radius 1 is 1.28 bits per heavy atom. The molecule has 18 heavy (non-hydrogen) atoms. The van der Waals surface area contributed by atoms with Crippen molar-refractivity contribution >= 4 is 6.03 Å². The van der Waals surface area contributed by atoms with E-state index < -0.39 is 0 Å². The average Bonchev–Trinajstić information content (AvgIpc) is 3.07. The number of rotatable bonds is 5. The first-order valence-corrected chi connectivity index (χ1v) is 6.39. The number of benzene rings is 1. The van der Waals surface area contributed by atoms with E-state index in [4.69, 9.17) is 4.74 Å². The monoisotopic (exact) mass is 248 g/mol. The lowest BCUT2D eigenvalue weighted by atomic mass is 10.1. The predicted octanol–water partition coefficient (Wildman–Crippen LogP) is 2.14. The van der Waals surface area contributed by atoms with Crippen molar-refractivity contribution in [2.24, 2.45) is 0 Å². The van der Waals surface area contributed by atoms with Crippen molar-refractivity contribution < 1.29 is 9.53 Å². The fourth-order valence-corrected chi connectivity index (χ4v) is 1.81. The molecule has 0 heterocycles. The fourth-order valence-electron chi connectivity index (χ4n) is 1.81. The van der Waals surface area contributed by atoms with E-state index in [1.54, 1.807) is 0 Å². The molecule has 98 valence electrons. The van der Waals surface area contributed by atoms with E-state index in [0.29, 0.717) is 19.2 Å². The molecule has 4 nitrogen and oxygen atoms in total. The van der Waals surface area contributed by atoms with Crippen LogP contribution in [0.5, 0.6) is 5.75 Å². The van der Waals surface area contributed by atoms with E-state index in [9.17, 15) is 4.79 Å². The molecule has 0 aromatic heterocycles. The molecular weight excluding hydrogens is 228 g/mol. The first-order valence-electron chi connectivity index (χ1n) is 6.39. The van der Waals surface area contributed by atoms with Crippen LogP contribution in [0.2, 0.25) is 0 Å². The quantitative estimate of drug-likeness (QED) is 0.784. The maximum absolute atomic E-state index is 11.3. The number of ether oxygens (including phenoxy) is 1. The van der Waals surface area contributed by atoms with Crippen LogP contribution in [-0.4, -0.2) is 25.2 Å². The second-order valence-corrected chi connectivity index (χ2v) is 4.85. The molecule has 2 N–H and O–H groups in total. The molecule has 4 heteroatoms. The number of urea groups is 1. The molecule has 1 aliphatic carbocycles. The summed E-state index contributed by atoms with van der Waals surface area (Å²) in [6.45, 7) is 5.09. The van der Waals surface area contributed by atoms with Gasteiger partial charge in [0.05, 0.1) is 6.54 Å². The third-order valence-corrected chi connectivity index (χ3v) is 2.76. The van der Waals surface area contributed by atoms with E-state index in [0.717, 1.165) is 18.6 Å². The lowest BCUT2D eigenvalue weighted by Gasteiger charge is -2.09. The Balaban J connectivity index is 1.66. The highest BCUT2D eigenvalue weighted by Crippen LogP contribution is 2.18. The van der Waals surface area contributed by atoms with E-state index in [2.05, 4.69) is 16.7 Å². The number of amides is 2. The average molecular weight is 248 g/mol. The van der Waals surface area contributed by atoms with Crippen LogP contribution in [0.4, 0.5) is 4.79 Å². The van der Waals surface area contributed by atoms with Gasteiger partial charge < -0.3 is 15.4 Å². The number of nitrogens with one attached hydrogen (secondary N) is 2. The highest BCUT2D eigenvalue weighted by molar-refractivity contribution is 5.74. The van der Waals surface area contributed by atoms with Crippen molar-refractivity contribution in [1.29, 1.82) is 0 Å². The van der Waals surface area contributed by atoms with Crippen LogP contribution in [-0.2, 0) is 0 Å². The number of carbonyl (C=O) groups is 1. The summed E-state index contributed by atoms with van der Waals surface area (Å²) < 4.78 is 5.60. The SMILES string of the molecule is Cc1cc(C)cc(OCCNC(=O)NC2CC2)c1. The molecule has 0 atom stereocenters. The summed E-state index contributed by atoms with van der Waals surface area (Å²) in [5.41, 5.74) is 2.37. The summed E-state index contributed by atoms with van der Waals surface area (Å²) in [6.07, 6.45) is 2.21. The number of hydrogen-bond acceptors (Lipinski definition) is 2. The topological polar surface area (TPSA) is 50.4 Å². The Bertz CT molecular complexity index is 408. The molecule has 2 rings (SSSR count). The van der Waals surface area contributed by atoms with Crippen LogP contribution in [0.15, 0.2) is 18.2 Å². The van der Waals surface area contributed by atoms with Gasteiger partial charge in [-0.2, -0.15) is 0 Å². The molecule has 1 aromatic carbocycles. The van der Waals surface area contributed by atoms with Crippen LogP contribution >= 0.6 is 0 Å². The maximum atomic E-state index is 11.3. The highest BCUT2D eigenvalue weighted by atomic mass is 16.5. The zero-order valence-electron chi connectivity index (χ0n) is 11.0. The maximum Gasteiger partial charge on any atom is 0.315 e. The smallest absolute Gasteiger partial charge is 0.315 e. The molecule has 0 saturated heterocycles. The summed E-state index contributed by atoms with van der Waals surface area (Å²) >= 11 is 0. The Kier molecular flexibility index (Phi) is 4.07. The summed E-state index contributed by atoms with van der Waals surface area (Å²) in [5, 5.41) is 5.64. The second-order valence-electron chi connectivity index (χ2n) is 4.85. The molecule has 0 spiro atoms. The van der Waals surface area contributed by atoms with Crippen molar-refractivity contribution in [1.82, 2.24) is 10.6 Å². The Labute approximate surface area is 108 Å². The number of carbonyl (C=O) groups excluding carboxylic acids is 1. The predicted molar refractivity (Wildman–Crippen MR) is 71.0 cm³/mol. The van der Waals surface area contributed by atoms with Crippen LogP contribution in [0.25, 0.3) is 0 Å². The van der Waals surface area contributed by atoms with Crippen molar-refractivity contribution in [3.8, 4) is 5.75 Å². The molecule has 1 saturated carbocycles. The van der Waals surface area contributed by atoms with Crippen LogP contribution in [0.1, 0.15) is 24.0 Å². The van der Waals surface area contributed by atoms with Crippen molar-refractivity contribution in [3.05, 3.63) is 29.3 Å². The second kappa shape index (κ2) is 5.76. The molecule has 1 aromatic rings. The van der Waals surface area contributed by atoms with Gasteiger partial charge in [-0.25, -0.2) is 4.79 Å². The number of aryl methyl sites for hydroxylation is 2. The molecule has 0 bridgehead atoms. The summed E-state index contributed by atoms with van der Waals surface area (Å²) in [6, 6.07) is 6.40. The minimum Gasteiger partial charge on any atom is -0.492 e. The van der Waals surface area contributed by atoms with Crippen LogP contribution in [0.3, 0.4) is 0 Å². The van der Waals surface area contributed by atoms with Gasteiger partial charge in [-0.05, 0) is 49.9 Å². The first kappa shape index (κ1) is 12.7. The standard InChI is InChI=1S/C14H20N2O2/c1-10-7-11(2)9-13(8-10)18-6-5-15-14(17)16-12-3-4-12/h7-9,12H,3-6H2,1-2H3,(H2,15,16,17). The fraction of sp³-hybridized carbons (Fsp3) is 0.500. The Morgan fingerprint density at radius 2 is 1.94 bits per heavy atom. The van der Waals surface area contributed by atoms with Crippen LogP contribution < -0.4 is 15.4 Å². The van der Waals surface area contributed by atoms with Gasteiger partial charge in [0.1, 0.15) is 12.4 Å². The molecule has 1 fully saturated rings.